The number of anilines is 1. The van der Waals surface area contributed by atoms with Gasteiger partial charge < -0.3 is 9.72 Å². The molecule has 1 saturated carbocycles. The van der Waals surface area contributed by atoms with Gasteiger partial charge in [0.2, 0.25) is 12.4 Å². The predicted octanol–water partition coefficient (Wildman–Crippen LogP) is 9.37. The van der Waals surface area contributed by atoms with Gasteiger partial charge in [-0.15, -0.1) is 0 Å². The number of methoxy groups -OCH3 is 1. The smallest absolute Gasteiger partial charge is 0.413 e. The number of rotatable bonds is 12. The molecule has 2 N–H and O–H groups in total. The number of carbonyl (C=O) groups is 2. The van der Waals surface area contributed by atoms with E-state index in [9.17, 15) is 18.4 Å². The molecule has 4 rings (SSSR count). The highest BCUT2D eigenvalue weighted by Gasteiger charge is 2.32. The molecule has 5 unspecified atom stereocenters. The number of benzene rings is 2. The van der Waals surface area contributed by atoms with Crippen LogP contribution >= 0.6 is 0 Å². The van der Waals surface area contributed by atoms with Crippen LogP contribution in [-0.4, -0.2) is 35.4 Å². The summed E-state index contributed by atoms with van der Waals surface area (Å²) in [5.41, 5.74) is 6.19. The van der Waals surface area contributed by atoms with Gasteiger partial charge in [0.05, 0.1) is 18.1 Å². The lowest BCUT2D eigenvalue weighted by molar-refractivity contribution is -0.125. The second kappa shape index (κ2) is 14.9. The molecule has 6 nitrogen and oxygen atoms in total. The van der Waals surface area contributed by atoms with Gasteiger partial charge in [0.1, 0.15) is 5.78 Å². The van der Waals surface area contributed by atoms with Crippen molar-refractivity contribution >= 4 is 28.9 Å². The van der Waals surface area contributed by atoms with Crippen molar-refractivity contribution < 1.29 is 23.1 Å². The molecule has 5 atom stereocenters. The molecule has 234 valence electrons. The fourth-order valence-corrected chi connectivity index (χ4v) is 6.76. The number of nitrogens with one attached hydrogen (secondary N) is 2. The molecule has 1 amide bonds. The van der Waals surface area contributed by atoms with Gasteiger partial charge in [0.15, 0.2) is 0 Å². The number of carbonyl (C=O) groups excluding carboxylic acids is 2. The molecule has 3 aromatic rings. The minimum atomic E-state index is -2.25. The Hall–Kier alpha value is -3.29. The summed E-state index contributed by atoms with van der Waals surface area (Å²) >= 11 is 0. The van der Waals surface area contributed by atoms with Crippen LogP contribution in [0.3, 0.4) is 0 Å². The summed E-state index contributed by atoms with van der Waals surface area (Å²) in [6.45, 7) is 8.60. The molecule has 1 heterocycles. The SMILES string of the molecule is CCCC(CC(=O)C(C)C1CCCC(C(F)F)CC1)C(C)Cc1cc(-c2ccc3nc(NC(=O)OC)[nH]c3c2)ccc1C. The quantitative estimate of drug-likeness (QED) is 0.204. The fourth-order valence-electron chi connectivity index (χ4n) is 6.76. The van der Waals surface area contributed by atoms with E-state index in [-0.39, 0.29) is 17.8 Å². The Labute approximate surface area is 254 Å². The predicted molar refractivity (Wildman–Crippen MR) is 168 cm³/mol. The number of alkyl halides is 2. The zero-order valence-corrected chi connectivity index (χ0v) is 26.2. The maximum Gasteiger partial charge on any atom is 0.413 e. The van der Waals surface area contributed by atoms with Gasteiger partial charge in [-0.1, -0.05) is 64.3 Å². The van der Waals surface area contributed by atoms with E-state index in [1.165, 1.54) is 18.2 Å². The molecule has 0 bridgehead atoms. The molecule has 2 aromatic carbocycles. The Bertz CT molecular complexity index is 1390. The summed E-state index contributed by atoms with van der Waals surface area (Å²) in [5, 5.41) is 2.57. The van der Waals surface area contributed by atoms with E-state index in [0.717, 1.165) is 60.7 Å². The highest BCUT2D eigenvalue weighted by Crippen LogP contribution is 2.37. The zero-order chi connectivity index (χ0) is 31.1. The topological polar surface area (TPSA) is 84.1 Å². The van der Waals surface area contributed by atoms with Crippen LogP contribution in [0.4, 0.5) is 19.5 Å². The number of aromatic nitrogens is 2. The van der Waals surface area contributed by atoms with Crippen molar-refractivity contribution in [2.75, 3.05) is 12.4 Å². The number of imidazole rings is 1. The van der Waals surface area contributed by atoms with E-state index >= 15 is 0 Å². The van der Waals surface area contributed by atoms with Crippen LogP contribution in [0, 0.1) is 36.5 Å². The Morgan fingerprint density at radius 1 is 1.05 bits per heavy atom. The van der Waals surface area contributed by atoms with Gasteiger partial charge in [-0.25, -0.2) is 18.6 Å². The number of Topliss-reactive ketones (excluding diaryl/α,β-unsaturated/α-hetero) is 1. The van der Waals surface area contributed by atoms with Crippen molar-refractivity contribution in [3.05, 3.63) is 47.5 Å². The third-order valence-corrected chi connectivity index (χ3v) is 9.67. The van der Waals surface area contributed by atoms with Crippen LogP contribution in [-0.2, 0) is 16.0 Å². The van der Waals surface area contributed by atoms with Gasteiger partial charge in [-0.3, -0.25) is 10.1 Å². The summed E-state index contributed by atoms with van der Waals surface area (Å²) in [6.07, 6.45) is 4.13. The Kier molecular flexibility index (Phi) is 11.3. The highest BCUT2D eigenvalue weighted by atomic mass is 19.3. The minimum absolute atomic E-state index is 0.0752. The van der Waals surface area contributed by atoms with Gasteiger partial charge in [0, 0.05) is 18.3 Å². The van der Waals surface area contributed by atoms with Crippen molar-refractivity contribution in [3.8, 4) is 11.1 Å². The summed E-state index contributed by atoms with van der Waals surface area (Å²) < 4.78 is 31.2. The lowest BCUT2D eigenvalue weighted by Crippen LogP contribution is -2.26. The maximum atomic E-state index is 13.5. The number of hydrogen-bond acceptors (Lipinski definition) is 4. The second-order valence-electron chi connectivity index (χ2n) is 12.6. The first kappa shape index (κ1) is 32.6. The first-order chi connectivity index (χ1) is 20.6. The van der Waals surface area contributed by atoms with Gasteiger partial charge in [-0.2, -0.15) is 0 Å². The molecule has 1 fully saturated rings. The molecule has 1 aromatic heterocycles. The Balaban J connectivity index is 1.44. The van der Waals surface area contributed by atoms with E-state index in [1.54, 1.807) is 0 Å². The number of ketones is 1. The van der Waals surface area contributed by atoms with E-state index in [1.807, 2.05) is 25.1 Å². The maximum absolute atomic E-state index is 13.5. The van der Waals surface area contributed by atoms with Crippen molar-refractivity contribution in [2.24, 2.45) is 29.6 Å². The summed E-state index contributed by atoms with van der Waals surface area (Å²) in [4.78, 5) is 32.6. The first-order valence-electron chi connectivity index (χ1n) is 15.8. The number of halogens is 2. The number of ether oxygens (including phenoxy) is 1. The van der Waals surface area contributed by atoms with Crippen molar-refractivity contribution in [3.63, 3.8) is 0 Å². The zero-order valence-electron chi connectivity index (χ0n) is 26.2. The van der Waals surface area contributed by atoms with Crippen molar-refractivity contribution in [1.82, 2.24) is 9.97 Å². The normalized spacial score (nSPS) is 19.5. The number of aromatic amines is 1. The number of hydrogen-bond donors (Lipinski definition) is 2. The standard InChI is InChI=1S/C35H47F2N3O3/c1-6-8-26(20-32(41)23(4)24-9-7-10-25(14-13-24)33(36)37)22(3)17-29-18-27(12-11-21(29)2)28-15-16-30-31(19-28)39-34(38-30)40-35(42)43-5/h11-12,15-16,18-19,22-26,33H,6-10,13-14,17,20H2,1-5H3,(H2,38,39,40,42). The molecule has 8 heteroatoms. The van der Waals surface area contributed by atoms with E-state index < -0.39 is 18.4 Å². The molecular weight excluding hydrogens is 548 g/mol. The molecule has 0 aliphatic heterocycles. The first-order valence-corrected chi connectivity index (χ1v) is 15.8. The molecule has 43 heavy (non-hydrogen) atoms. The van der Waals surface area contributed by atoms with Gasteiger partial charge in [-0.05, 0) is 91.2 Å². The summed E-state index contributed by atoms with van der Waals surface area (Å²) in [7, 11) is 1.31. The van der Waals surface area contributed by atoms with Crippen LogP contribution in [0.25, 0.3) is 22.2 Å². The third kappa shape index (κ3) is 8.42. The lowest BCUT2D eigenvalue weighted by atomic mass is 9.76. The van der Waals surface area contributed by atoms with Gasteiger partial charge >= 0.3 is 6.09 Å². The Morgan fingerprint density at radius 2 is 1.74 bits per heavy atom. The van der Waals surface area contributed by atoms with Crippen LogP contribution in [0.15, 0.2) is 36.4 Å². The number of amides is 1. The average molecular weight is 596 g/mol. The third-order valence-electron chi connectivity index (χ3n) is 9.67. The monoisotopic (exact) mass is 595 g/mol. The largest absolute Gasteiger partial charge is 0.453 e. The highest BCUT2D eigenvalue weighted by molar-refractivity contribution is 5.88. The fraction of sp³-hybridized carbons (Fsp3) is 0.571. The average Bonchev–Trinajstić information content (AvgIpc) is 3.21. The minimum Gasteiger partial charge on any atom is -0.453 e. The lowest BCUT2D eigenvalue weighted by Gasteiger charge is -2.28. The molecule has 1 aliphatic rings. The van der Waals surface area contributed by atoms with Crippen LogP contribution in [0.2, 0.25) is 0 Å². The number of aryl methyl sites for hydroxylation is 1. The van der Waals surface area contributed by atoms with Crippen molar-refractivity contribution in [1.29, 1.82) is 0 Å². The molecule has 0 radical (unpaired) electrons. The van der Waals surface area contributed by atoms with E-state index in [0.29, 0.717) is 36.9 Å². The number of nitrogens with zero attached hydrogens (tertiary/aromatic N) is 1. The van der Waals surface area contributed by atoms with Crippen LogP contribution in [0.5, 0.6) is 0 Å². The molecular formula is C35H47F2N3O3. The molecule has 1 aliphatic carbocycles. The van der Waals surface area contributed by atoms with Gasteiger partial charge in [0.25, 0.3) is 0 Å². The van der Waals surface area contributed by atoms with Crippen LogP contribution in [0.1, 0.15) is 83.3 Å². The Morgan fingerprint density at radius 3 is 2.47 bits per heavy atom. The second-order valence-corrected chi connectivity index (χ2v) is 12.6. The van der Waals surface area contributed by atoms with Crippen molar-refractivity contribution in [2.45, 2.75) is 91.9 Å². The van der Waals surface area contributed by atoms with E-state index in [4.69, 9.17) is 0 Å². The summed E-state index contributed by atoms with van der Waals surface area (Å²) in [5.74, 6) is 0.863. The number of fused-ring (bicyclic) bond motifs is 1. The number of H-pyrrole nitrogens is 1. The molecule has 0 saturated heterocycles. The van der Waals surface area contributed by atoms with Crippen LogP contribution < -0.4 is 5.32 Å². The molecule has 0 spiro atoms. The summed E-state index contributed by atoms with van der Waals surface area (Å²) in [6, 6.07) is 12.5. The van der Waals surface area contributed by atoms with E-state index in [2.05, 4.69) is 59.0 Å².